The van der Waals surface area contributed by atoms with E-state index in [4.69, 9.17) is 5.73 Å². The Bertz CT molecular complexity index is 2190. The molecule has 0 radical (unpaired) electrons. The van der Waals surface area contributed by atoms with E-state index in [0.29, 0.717) is 6.42 Å². The van der Waals surface area contributed by atoms with Crippen LogP contribution in [-0.2, 0) is 47.9 Å². The molecule has 0 saturated heterocycles. The number of rotatable bonds is 34. The fraction of sp³-hybridized carbons (Fsp3) is 0.800. The van der Waals surface area contributed by atoms with Gasteiger partial charge >= 0.3 is 0 Å². The zero-order chi connectivity index (χ0) is 65.0. The van der Waals surface area contributed by atoms with Crippen molar-refractivity contribution in [1.29, 1.82) is 0 Å². The van der Waals surface area contributed by atoms with Gasteiger partial charge in [-0.2, -0.15) is 0 Å². The molecule has 0 spiro atoms. The largest absolute Gasteiger partial charge is 0.390 e. The summed E-state index contributed by atoms with van der Waals surface area (Å²) in [6.07, 6.45) is 1.70. The van der Waals surface area contributed by atoms with Gasteiger partial charge < -0.3 is 66.2 Å². The van der Waals surface area contributed by atoms with Crippen molar-refractivity contribution in [2.75, 3.05) is 55.9 Å². The number of carbonyl (C=O) groups is 10. The Labute approximate surface area is 497 Å². The lowest BCUT2D eigenvalue weighted by Gasteiger charge is -2.41. The summed E-state index contributed by atoms with van der Waals surface area (Å²) >= 11 is 0. The van der Waals surface area contributed by atoms with Crippen molar-refractivity contribution < 1.29 is 58.2 Å². The molecule has 0 aliphatic heterocycles. The van der Waals surface area contributed by atoms with E-state index < -0.39 is 138 Å². The van der Waals surface area contributed by atoms with Crippen LogP contribution in [0.15, 0.2) is 12.2 Å². The Morgan fingerprint density at radius 1 is 0.494 bits per heavy atom. The molecule has 7 N–H and O–H groups in total. The average molecular weight is 1180 g/mol. The van der Waals surface area contributed by atoms with Crippen molar-refractivity contribution in [2.45, 2.75) is 217 Å². The summed E-state index contributed by atoms with van der Waals surface area (Å²) in [4.78, 5) is 150. The Hall–Kier alpha value is -5.68. The van der Waals surface area contributed by atoms with E-state index in [0.717, 1.165) is 9.80 Å². The summed E-state index contributed by atoms with van der Waals surface area (Å²) in [5.41, 5.74) is 5.57. The molecule has 3 unspecified atom stereocenters. The molecule has 83 heavy (non-hydrogen) atoms. The number of carbonyl (C=O) groups excluding carboxylic acids is 10. The van der Waals surface area contributed by atoms with Gasteiger partial charge in [0.05, 0.1) is 18.7 Å². The second kappa shape index (κ2) is 35.6. The van der Waals surface area contributed by atoms with Crippen LogP contribution >= 0.6 is 0 Å². The fourth-order valence-electron chi connectivity index (χ4n) is 9.62. The maximum absolute atomic E-state index is 15.1. The normalized spacial score (nSPS) is 16.5. The van der Waals surface area contributed by atoms with Gasteiger partial charge in [0, 0.05) is 55.3 Å². The summed E-state index contributed by atoms with van der Waals surface area (Å²) < 4.78 is 0. The second-order valence-electron chi connectivity index (χ2n) is 25.0. The van der Waals surface area contributed by atoms with E-state index in [1.54, 1.807) is 74.6 Å². The van der Waals surface area contributed by atoms with Crippen LogP contribution in [-0.4, -0.2) is 226 Å². The summed E-state index contributed by atoms with van der Waals surface area (Å²) in [7, 11) is 10.1. The van der Waals surface area contributed by atoms with Gasteiger partial charge in [-0.3, -0.25) is 47.9 Å². The standard InChI is InChI=1S/C60H111N11O12/c1-25-27-28-38(13)50(73)49(54(77)63-43(26-2)57(80)65(18)32-47(72)66(19)41(16)51(61)74)71(24)60(83)48(37(11)12)70(23)59(82)46(31-35(7)8)69(22)58(81)45(30-34(5)6)68(21)56(79)40(15)62-53(76)44(29-33(3)4)64-52(75)42(17)67(20)55(78)39(14)36(9)10/h25,27,33-46,48-51,73-74H,26,28-32,61H2,1-24H3,(H,62,76)(H,63,77)(H,64,75)/b27-25+/t38-,39-,40+,41+,42+,43-,44?,45-,46-,48+,49?,50+,51?/m1/s1. The number of allylic oxidation sites excluding steroid dienone is 2. The number of nitrogens with two attached hydrogens (primary N) is 1. The first kappa shape index (κ1) is 77.3. The lowest BCUT2D eigenvalue weighted by molar-refractivity contribution is -0.157. The van der Waals surface area contributed by atoms with Gasteiger partial charge in [0.1, 0.15) is 54.6 Å². The van der Waals surface area contributed by atoms with Gasteiger partial charge in [-0.05, 0) is 95.3 Å². The van der Waals surface area contributed by atoms with Crippen molar-refractivity contribution in [3.8, 4) is 0 Å². The summed E-state index contributed by atoms with van der Waals surface area (Å²) in [6, 6.07) is -10.2. The molecule has 10 amide bonds. The first-order chi connectivity index (χ1) is 38.2. The van der Waals surface area contributed by atoms with Crippen LogP contribution in [0, 0.1) is 41.4 Å². The maximum Gasteiger partial charge on any atom is 0.246 e. The molecule has 0 aromatic carbocycles. The number of aliphatic hydroxyl groups is 2. The van der Waals surface area contributed by atoms with Gasteiger partial charge in [0.2, 0.25) is 59.1 Å². The molecule has 0 fully saturated rings. The summed E-state index contributed by atoms with van der Waals surface area (Å²) in [6.45, 7) is 29.7. The number of nitrogens with one attached hydrogen (secondary N) is 3. The third-order valence-corrected chi connectivity index (χ3v) is 16.0. The van der Waals surface area contributed by atoms with Crippen LogP contribution in [0.3, 0.4) is 0 Å². The molecule has 0 aromatic heterocycles. The van der Waals surface area contributed by atoms with E-state index in [-0.39, 0.29) is 61.2 Å². The van der Waals surface area contributed by atoms with Gasteiger partial charge in [-0.25, -0.2) is 0 Å². The Kier molecular flexibility index (Phi) is 33.1. The summed E-state index contributed by atoms with van der Waals surface area (Å²) in [5, 5.41) is 30.0. The molecule has 0 heterocycles. The van der Waals surface area contributed by atoms with Crippen molar-refractivity contribution in [2.24, 2.45) is 47.2 Å². The average Bonchev–Trinajstić information content (AvgIpc) is 3.45. The number of likely N-dealkylation sites (N-methyl/N-ethyl adjacent to an activating group) is 7. The van der Waals surface area contributed by atoms with Crippen molar-refractivity contribution in [1.82, 2.24) is 50.2 Å². The predicted molar refractivity (Wildman–Crippen MR) is 322 cm³/mol. The number of amides is 10. The molecule has 0 aliphatic rings. The van der Waals surface area contributed by atoms with Crippen LogP contribution in [0.1, 0.15) is 150 Å². The van der Waals surface area contributed by atoms with Crippen LogP contribution in [0.2, 0.25) is 0 Å². The van der Waals surface area contributed by atoms with Crippen LogP contribution < -0.4 is 21.7 Å². The minimum Gasteiger partial charge on any atom is -0.390 e. The van der Waals surface area contributed by atoms with Crippen LogP contribution in [0.25, 0.3) is 0 Å². The SMILES string of the molecule is C/C=C/C[C@@H](C)[C@H](O)C(C(=O)N[C@H](CC)C(=O)N(C)CC(=O)N(C)[C@@H](C)C(N)O)N(C)C(=O)[C@H](C(C)C)N(C)C(=O)[C@@H](CC(C)C)N(C)C(=O)[C@@H](CC(C)C)N(C)C(=O)[C@H](C)NC(=O)C(CC(C)C)NC(=O)[C@H](C)N(C)C(=O)[C@H](C)C(C)C. The quantitative estimate of drug-likeness (QED) is 0.0400. The molecule has 0 saturated carbocycles. The lowest BCUT2D eigenvalue weighted by Crippen LogP contribution is -2.63. The predicted octanol–water partition coefficient (Wildman–Crippen LogP) is 2.66. The highest BCUT2D eigenvalue weighted by molar-refractivity contribution is 5.98. The smallest absolute Gasteiger partial charge is 0.246 e. The van der Waals surface area contributed by atoms with E-state index in [9.17, 15) is 48.6 Å². The van der Waals surface area contributed by atoms with E-state index in [1.165, 1.54) is 73.7 Å². The molecule has 0 aromatic rings. The second-order valence-corrected chi connectivity index (χ2v) is 25.0. The number of nitrogens with zero attached hydrogens (tertiary/aromatic N) is 7. The molecule has 0 aliphatic carbocycles. The van der Waals surface area contributed by atoms with Crippen molar-refractivity contribution >= 4 is 59.1 Å². The number of hydrogen-bond acceptors (Lipinski definition) is 13. The maximum atomic E-state index is 15.1. The number of aliphatic hydroxyl groups excluding tert-OH is 2. The van der Waals surface area contributed by atoms with Gasteiger partial charge in [0.25, 0.3) is 0 Å². The third kappa shape index (κ3) is 22.7. The first-order valence-electron chi connectivity index (χ1n) is 29.6. The lowest BCUT2D eigenvalue weighted by atomic mass is 9.91. The number of hydrogen-bond donors (Lipinski definition) is 6. The fourth-order valence-corrected chi connectivity index (χ4v) is 9.62. The Morgan fingerprint density at radius 3 is 1.39 bits per heavy atom. The minimum atomic E-state index is -1.59. The molecule has 23 heteroatoms. The Morgan fingerprint density at radius 2 is 0.952 bits per heavy atom. The first-order valence-corrected chi connectivity index (χ1v) is 29.6. The monoisotopic (exact) mass is 1180 g/mol. The topological polar surface area (TPSA) is 296 Å². The van der Waals surface area contributed by atoms with E-state index in [1.807, 2.05) is 55.4 Å². The van der Waals surface area contributed by atoms with Crippen LogP contribution in [0.4, 0.5) is 0 Å². The van der Waals surface area contributed by atoms with Crippen LogP contribution in [0.5, 0.6) is 0 Å². The zero-order valence-electron chi connectivity index (χ0n) is 55.0. The third-order valence-electron chi connectivity index (χ3n) is 16.0. The molecule has 0 rings (SSSR count). The van der Waals surface area contributed by atoms with E-state index in [2.05, 4.69) is 16.0 Å². The van der Waals surface area contributed by atoms with Crippen molar-refractivity contribution in [3.05, 3.63) is 12.2 Å². The molecule has 13 atom stereocenters. The van der Waals surface area contributed by atoms with Crippen molar-refractivity contribution in [3.63, 3.8) is 0 Å². The van der Waals surface area contributed by atoms with Gasteiger partial charge in [-0.15, -0.1) is 0 Å². The molecule has 0 bridgehead atoms. The zero-order valence-corrected chi connectivity index (χ0v) is 55.0. The summed E-state index contributed by atoms with van der Waals surface area (Å²) in [5.74, 6) is -7.73. The molecule has 23 nitrogen and oxygen atoms in total. The minimum absolute atomic E-state index is 0.0420. The highest BCUT2D eigenvalue weighted by atomic mass is 16.3. The molecular weight excluding hydrogens is 1070 g/mol. The molecule has 478 valence electrons. The van der Waals surface area contributed by atoms with E-state index >= 15 is 9.59 Å². The van der Waals surface area contributed by atoms with Gasteiger partial charge in [0.15, 0.2) is 0 Å². The molecular formula is C60H111N11O12. The highest BCUT2D eigenvalue weighted by Crippen LogP contribution is 2.25. The van der Waals surface area contributed by atoms with Gasteiger partial charge in [-0.1, -0.05) is 102 Å². The Balaban J connectivity index is 7.11. The highest BCUT2D eigenvalue weighted by Gasteiger charge is 2.45.